The van der Waals surface area contributed by atoms with Crippen LogP contribution in [0.5, 0.6) is 5.75 Å². The molecule has 4 fully saturated rings. The van der Waals surface area contributed by atoms with Crippen LogP contribution in [-0.2, 0) is 17.6 Å². The van der Waals surface area contributed by atoms with E-state index in [0.29, 0.717) is 0 Å². The van der Waals surface area contributed by atoms with Crippen LogP contribution in [0.2, 0.25) is 0 Å². The van der Waals surface area contributed by atoms with E-state index in [4.69, 9.17) is 4.74 Å². The Morgan fingerprint density at radius 3 is 2.31 bits per heavy atom. The van der Waals surface area contributed by atoms with Crippen molar-refractivity contribution >= 4 is 5.91 Å². The molecular formula is C23H31NO2. The van der Waals surface area contributed by atoms with Crippen molar-refractivity contribution in [2.45, 2.75) is 82.8 Å². The number of rotatable bonds is 4. The number of ether oxygens (including phenoxy) is 1. The summed E-state index contributed by atoms with van der Waals surface area (Å²) in [6.45, 7) is 1.90. The third-order valence-electron chi connectivity index (χ3n) is 7.43. The van der Waals surface area contributed by atoms with Gasteiger partial charge in [-0.2, -0.15) is 0 Å². The van der Waals surface area contributed by atoms with E-state index in [1.165, 1.54) is 68.9 Å². The van der Waals surface area contributed by atoms with Gasteiger partial charge >= 0.3 is 0 Å². The summed E-state index contributed by atoms with van der Waals surface area (Å²) in [4.78, 5) is 12.9. The lowest BCUT2D eigenvalue weighted by atomic mass is 9.53. The Labute approximate surface area is 156 Å². The van der Waals surface area contributed by atoms with Crippen LogP contribution in [0.3, 0.4) is 0 Å². The first kappa shape index (κ1) is 16.6. The largest absolute Gasteiger partial charge is 0.481 e. The van der Waals surface area contributed by atoms with Crippen LogP contribution in [-0.4, -0.2) is 17.6 Å². The lowest BCUT2D eigenvalue weighted by molar-refractivity contribution is -0.133. The zero-order chi connectivity index (χ0) is 17.7. The standard InChI is InChI=1S/C23H31NO2/c1-15(26-21-7-6-19-4-2-3-5-20(19)11-21)22(25)24-23-12-16-8-17(13-23)10-18(9-16)14-23/h6-7,11,15-18H,2-5,8-10,12-14H2,1H3,(H,24,25)/t15-,16?,17?,18?,23?/m1/s1. The molecule has 0 aliphatic heterocycles. The summed E-state index contributed by atoms with van der Waals surface area (Å²) in [5, 5.41) is 3.44. The second kappa shape index (κ2) is 6.28. The first-order chi connectivity index (χ1) is 12.6. The van der Waals surface area contributed by atoms with Crippen LogP contribution >= 0.6 is 0 Å². The average Bonchev–Trinajstić information content (AvgIpc) is 2.60. The van der Waals surface area contributed by atoms with Gasteiger partial charge in [0.2, 0.25) is 0 Å². The van der Waals surface area contributed by atoms with E-state index in [9.17, 15) is 4.79 Å². The Balaban J connectivity index is 1.25. The van der Waals surface area contributed by atoms with E-state index >= 15 is 0 Å². The first-order valence-corrected chi connectivity index (χ1v) is 10.7. The third kappa shape index (κ3) is 3.04. The molecule has 0 unspecified atom stereocenters. The maximum Gasteiger partial charge on any atom is 0.261 e. The van der Waals surface area contributed by atoms with Gasteiger partial charge < -0.3 is 10.1 Å². The Morgan fingerprint density at radius 2 is 1.65 bits per heavy atom. The maximum atomic E-state index is 12.9. The number of aryl methyl sites for hydroxylation is 2. The molecule has 3 nitrogen and oxygen atoms in total. The summed E-state index contributed by atoms with van der Waals surface area (Å²) in [6.07, 6.45) is 12.2. The summed E-state index contributed by atoms with van der Waals surface area (Å²) >= 11 is 0. The number of benzene rings is 1. The van der Waals surface area contributed by atoms with Gasteiger partial charge in [-0.25, -0.2) is 0 Å². The topological polar surface area (TPSA) is 38.3 Å². The van der Waals surface area contributed by atoms with Crippen molar-refractivity contribution in [2.24, 2.45) is 17.8 Å². The van der Waals surface area contributed by atoms with Crippen molar-refractivity contribution in [3.8, 4) is 5.75 Å². The highest BCUT2D eigenvalue weighted by molar-refractivity contribution is 5.81. The fourth-order valence-corrected chi connectivity index (χ4v) is 6.67. The van der Waals surface area contributed by atoms with Crippen molar-refractivity contribution in [1.29, 1.82) is 0 Å². The molecule has 4 saturated carbocycles. The molecule has 5 aliphatic carbocycles. The van der Waals surface area contributed by atoms with Gasteiger partial charge in [0.05, 0.1) is 0 Å². The Morgan fingerprint density at radius 1 is 1.04 bits per heavy atom. The number of carbonyl (C=O) groups excluding carboxylic acids is 1. The van der Waals surface area contributed by atoms with Gasteiger partial charge in [-0.3, -0.25) is 4.79 Å². The number of carbonyl (C=O) groups is 1. The monoisotopic (exact) mass is 353 g/mol. The van der Waals surface area contributed by atoms with E-state index in [-0.39, 0.29) is 11.4 Å². The van der Waals surface area contributed by atoms with Crippen LogP contribution in [0.1, 0.15) is 69.4 Å². The quantitative estimate of drug-likeness (QED) is 0.870. The van der Waals surface area contributed by atoms with Gasteiger partial charge in [0.1, 0.15) is 5.75 Å². The molecule has 1 aromatic rings. The summed E-state index contributed by atoms with van der Waals surface area (Å²) in [7, 11) is 0. The minimum absolute atomic E-state index is 0.0688. The predicted octanol–water partition coefficient (Wildman–Crippen LogP) is 4.42. The van der Waals surface area contributed by atoms with E-state index in [1.807, 2.05) is 13.0 Å². The van der Waals surface area contributed by atoms with Crippen molar-refractivity contribution in [3.63, 3.8) is 0 Å². The SMILES string of the molecule is C[C@@H](Oc1ccc2c(c1)CCCC2)C(=O)NC12CC3CC(CC(C3)C1)C2. The van der Waals surface area contributed by atoms with Crippen LogP contribution in [0.25, 0.3) is 0 Å². The van der Waals surface area contributed by atoms with Crippen molar-refractivity contribution in [2.75, 3.05) is 0 Å². The molecule has 0 saturated heterocycles. The van der Waals surface area contributed by atoms with Gasteiger partial charge in [0, 0.05) is 5.54 Å². The van der Waals surface area contributed by atoms with Crippen molar-refractivity contribution < 1.29 is 9.53 Å². The molecule has 0 radical (unpaired) electrons. The lowest BCUT2D eigenvalue weighted by Crippen LogP contribution is -2.61. The molecule has 0 aromatic heterocycles. The average molecular weight is 354 g/mol. The summed E-state index contributed by atoms with van der Waals surface area (Å²) in [6, 6.07) is 6.38. The van der Waals surface area contributed by atoms with Crippen LogP contribution in [0.4, 0.5) is 0 Å². The minimum atomic E-state index is -0.426. The molecule has 26 heavy (non-hydrogen) atoms. The molecule has 5 aliphatic rings. The number of fused-ring (bicyclic) bond motifs is 1. The van der Waals surface area contributed by atoms with Gasteiger partial charge in [0.15, 0.2) is 6.10 Å². The smallest absolute Gasteiger partial charge is 0.261 e. The Kier molecular flexibility index (Phi) is 4.02. The van der Waals surface area contributed by atoms with Gasteiger partial charge in [-0.05, 0) is 112 Å². The number of hydrogen-bond donors (Lipinski definition) is 1. The highest BCUT2D eigenvalue weighted by Gasteiger charge is 2.51. The fourth-order valence-electron chi connectivity index (χ4n) is 6.67. The molecule has 140 valence electrons. The van der Waals surface area contributed by atoms with Crippen molar-refractivity contribution in [1.82, 2.24) is 5.32 Å². The Bertz CT molecular complexity index is 675. The van der Waals surface area contributed by atoms with Gasteiger partial charge in [0.25, 0.3) is 5.91 Å². The molecule has 0 heterocycles. The molecule has 1 N–H and O–H groups in total. The van der Waals surface area contributed by atoms with E-state index in [1.54, 1.807) is 0 Å². The molecule has 6 rings (SSSR count). The molecule has 1 aromatic carbocycles. The third-order valence-corrected chi connectivity index (χ3v) is 7.43. The Hall–Kier alpha value is -1.51. The summed E-state index contributed by atoms with van der Waals surface area (Å²) < 4.78 is 6.04. The fraction of sp³-hybridized carbons (Fsp3) is 0.696. The van der Waals surface area contributed by atoms with Gasteiger partial charge in [-0.1, -0.05) is 6.07 Å². The van der Waals surface area contributed by atoms with E-state index in [2.05, 4.69) is 17.4 Å². The van der Waals surface area contributed by atoms with E-state index in [0.717, 1.165) is 29.9 Å². The van der Waals surface area contributed by atoms with Crippen LogP contribution < -0.4 is 10.1 Å². The van der Waals surface area contributed by atoms with Gasteiger partial charge in [-0.15, -0.1) is 0 Å². The summed E-state index contributed by atoms with van der Waals surface area (Å²) in [5.41, 5.74) is 2.93. The minimum Gasteiger partial charge on any atom is -0.481 e. The zero-order valence-corrected chi connectivity index (χ0v) is 15.9. The molecule has 3 heteroatoms. The van der Waals surface area contributed by atoms with Crippen LogP contribution in [0.15, 0.2) is 18.2 Å². The highest BCUT2D eigenvalue weighted by atomic mass is 16.5. The molecule has 4 bridgehead atoms. The predicted molar refractivity (Wildman–Crippen MR) is 102 cm³/mol. The number of amides is 1. The summed E-state index contributed by atoms with van der Waals surface area (Å²) in [5.74, 6) is 3.46. The second-order valence-corrected chi connectivity index (χ2v) is 9.58. The number of hydrogen-bond acceptors (Lipinski definition) is 2. The lowest BCUT2D eigenvalue weighted by Gasteiger charge is -2.57. The molecule has 1 atom stereocenters. The van der Waals surface area contributed by atoms with Crippen molar-refractivity contribution in [3.05, 3.63) is 29.3 Å². The highest BCUT2D eigenvalue weighted by Crippen LogP contribution is 2.55. The first-order valence-electron chi connectivity index (χ1n) is 10.7. The zero-order valence-electron chi connectivity index (χ0n) is 15.9. The maximum absolute atomic E-state index is 12.9. The van der Waals surface area contributed by atoms with Crippen LogP contribution in [0, 0.1) is 17.8 Å². The molecule has 0 spiro atoms. The molecule has 1 amide bonds. The van der Waals surface area contributed by atoms with E-state index < -0.39 is 6.10 Å². The normalized spacial score (nSPS) is 35.7. The molecular weight excluding hydrogens is 322 g/mol. The number of nitrogens with one attached hydrogen (secondary N) is 1. The second-order valence-electron chi connectivity index (χ2n) is 9.58.